The van der Waals surface area contributed by atoms with Crippen molar-refractivity contribution in [2.75, 3.05) is 32.5 Å². The molecule has 1 aromatic heterocycles. The zero-order chi connectivity index (χ0) is 18.6. The van der Waals surface area contributed by atoms with E-state index in [1.54, 1.807) is 48.3 Å². The molecule has 0 spiro atoms. The zero-order valence-corrected chi connectivity index (χ0v) is 15.2. The van der Waals surface area contributed by atoms with E-state index in [1.807, 2.05) is 30.3 Å². The lowest BCUT2D eigenvalue weighted by Gasteiger charge is -2.42. The van der Waals surface area contributed by atoms with Crippen molar-refractivity contribution in [2.24, 2.45) is 0 Å². The minimum atomic E-state index is -0.703. The number of piperidine rings is 1. The van der Waals surface area contributed by atoms with Gasteiger partial charge in [0.1, 0.15) is 11.2 Å². The van der Waals surface area contributed by atoms with Gasteiger partial charge < -0.3 is 15.1 Å². The van der Waals surface area contributed by atoms with Gasteiger partial charge in [-0.2, -0.15) is 0 Å². The number of likely N-dealkylation sites (tertiary alicyclic amines) is 1. The van der Waals surface area contributed by atoms with Crippen LogP contribution in [-0.2, 0) is 4.79 Å². The van der Waals surface area contributed by atoms with Crippen LogP contribution in [-0.4, -0.2) is 59.3 Å². The van der Waals surface area contributed by atoms with Gasteiger partial charge >= 0.3 is 0 Å². The van der Waals surface area contributed by atoms with Crippen LogP contribution >= 0.6 is 0 Å². The number of rotatable bonds is 4. The number of nitrogens with one attached hydrogen (secondary N) is 1. The number of anilines is 1. The lowest BCUT2D eigenvalue weighted by atomic mass is 9.85. The van der Waals surface area contributed by atoms with Gasteiger partial charge in [0.2, 0.25) is 5.91 Å². The van der Waals surface area contributed by atoms with Gasteiger partial charge in [0.05, 0.1) is 0 Å². The largest absolute Gasteiger partial charge is 0.371 e. The predicted octanol–water partition coefficient (Wildman–Crippen LogP) is 2.26. The van der Waals surface area contributed by atoms with Crippen LogP contribution in [0.15, 0.2) is 54.7 Å². The molecule has 26 heavy (non-hydrogen) atoms. The van der Waals surface area contributed by atoms with Crippen LogP contribution in [0.1, 0.15) is 23.3 Å². The molecule has 0 atom stereocenters. The quantitative estimate of drug-likeness (QED) is 0.917. The summed E-state index contributed by atoms with van der Waals surface area (Å²) in [7, 11) is 3.53. The summed E-state index contributed by atoms with van der Waals surface area (Å²) >= 11 is 0. The molecule has 1 fully saturated rings. The number of carbonyl (C=O) groups is 2. The molecule has 3 rings (SSSR count). The highest BCUT2D eigenvalue weighted by Gasteiger charge is 2.43. The van der Waals surface area contributed by atoms with E-state index in [2.05, 4.69) is 10.3 Å². The Balaban J connectivity index is 1.76. The molecule has 0 aliphatic carbocycles. The average Bonchev–Trinajstić information content (AvgIpc) is 2.69. The molecule has 1 aliphatic heterocycles. The number of aromatic nitrogens is 1. The second-order valence-corrected chi connectivity index (χ2v) is 6.78. The summed E-state index contributed by atoms with van der Waals surface area (Å²) in [5.41, 5.74) is 0.647. The fourth-order valence-electron chi connectivity index (χ4n) is 3.36. The zero-order valence-electron chi connectivity index (χ0n) is 15.2. The van der Waals surface area contributed by atoms with Crippen molar-refractivity contribution in [1.29, 1.82) is 0 Å². The Kier molecular flexibility index (Phi) is 5.21. The van der Waals surface area contributed by atoms with Crippen molar-refractivity contribution in [3.63, 3.8) is 0 Å². The van der Waals surface area contributed by atoms with Crippen LogP contribution in [0.3, 0.4) is 0 Å². The lowest BCUT2D eigenvalue weighted by molar-refractivity contribution is -0.135. The Morgan fingerprint density at radius 3 is 2.27 bits per heavy atom. The van der Waals surface area contributed by atoms with Crippen molar-refractivity contribution in [2.45, 2.75) is 18.4 Å². The third kappa shape index (κ3) is 3.69. The van der Waals surface area contributed by atoms with Gasteiger partial charge in [-0.25, -0.2) is 0 Å². The number of carbonyl (C=O) groups excluding carboxylic acids is 2. The van der Waals surface area contributed by atoms with Gasteiger partial charge in [-0.15, -0.1) is 0 Å². The summed E-state index contributed by atoms with van der Waals surface area (Å²) < 4.78 is 0. The maximum Gasteiger partial charge on any atom is 0.272 e. The second kappa shape index (κ2) is 7.56. The summed E-state index contributed by atoms with van der Waals surface area (Å²) in [6.45, 7) is 1.02. The second-order valence-electron chi connectivity index (χ2n) is 6.78. The van der Waals surface area contributed by atoms with Crippen molar-refractivity contribution in [1.82, 2.24) is 14.8 Å². The first-order chi connectivity index (χ1) is 12.5. The molecule has 6 heteroatoms. The maximum atomic E-state index is 12.9. The standard InChI is InChI=1S/C20H24N4O2/c1-23(2)19(26)20(22-16-8-4-3-5-9-16)11-14-24(15-12-20)18(25)17-10-6-7-13-21-17/h3-10,13,22H,11-12,14-15H2,1-2H3. The summed E-state index contributed by atoms with van der Waals surface area (Å²) in [4.78, 5) is 33.1. The molecule has 2 amide bonds. The maximum absolute atomic E-state index is 12.9. The number of benzene rings is 1. The minimum Gasteiger partial charge on any atom is -0.371 e. The van der Waals surface area contributed by atoms with E-state index in [4.69, 9.17) is 0 Å². The Labute approximate surface area is 153 Å². The van der Waals surface area contributed by atoms with Crippen LogP contribution in [0, 0.1) is 0 Å². The number of amides is 2. The molecule has 0 radical (unpaired) electrons. The number of hydrogen-bond donors (Lipinski definition) is 1. The Bertz CT molecular complexity index is 754. The van der Waals surface area contributed by atoms with E-state index in [-0.39, 0.29) is 11.8 Å². The van der Waals surface area contributed by atoms with Crippen molar-refractivity contribution < 1.29 is 9.59 Å². The molecule has 1 aliphatic rings. The number of likely N-dealkylation sites (N-methyl/N-ethyl adjacent to an activating group) is 1. The normalized spacial score (nSPS) is 16.0. The molecule has 0 unspecified atom stereocenters. The third-order valence-electron chi connectivity index (χ3n) is 4.76. The summed E-state index contributed by atoms with van der Waals surface area (Å²) in [6.07, 6.45) is 2.73. The summed E-state index contributed by atoms with van der Waals surface area (Å²) in [5, 5.41) is 3.43. The lowest BCUT2D eigenvalue weighted by Crippen LogP contribution is -2.58. The third-order valence-corrected chi connectivity index (χ3v) is 4.76. The number of nitrogens with zero attached hydrogens (tertiary/aromatic N) is 3. The highest BCUT2D eigenvalue weighted by molar-refractivity contribution is 5.93. The van der Waals surface area contributed by atoms with Crippen LogP contribution in [0.5, 0.6) is 0 Å². The molecule has 1 aromatic carbocycles. The van der Waals surface area contributed by atoms with Crippen LogP contribution < -0.4 is 5.32 Å². The van der Waals surface area contributed by atoms with Crippen LogP contribution in [0.2, 0.25) is 0 Å². The molecule has 0 saturated carbocycles. The van der Waals surface area contributed by atoms with Gasteiger partial charge in [-0.1, -0.05) is 24.3 Å². The number of hydrogen-bond acceptors (Lipinski definition) is 4. The first kappa shape index (κ1) is 17.9. The molecule has 6 nitrogen and oxygen atoms in total. The van der Waals surface area contributed by atoms with Crippen molar-refractivity contribution in [3.8, 4) is 0 Å². The highest BCUT2D eigenvalue weighted by Crippen LogP contribution is 2.29. The first-order valence-electron chi connectivity index (χ1n) is 8.77. The van der Waals surface area contributed by atoms with Gasteiger partial charge in [0.25, 0.3) is 5.91 Å². The molecule has 136 valence electrons. The first-order valence-corrected chi connectivity index (χ1v) is 8.77. The Morgan fingerprint density at radius 1 is 1.04 bits per heavy atom. The van der Waals surface area contributed by atoms with Crippen molar-refractivity contribution >= 4 is 17.5 Å². The Hall–Kier alpha value is -2.89. The van der Waals surface area contributed by atoms with E-state index in [1.165, 1.54) is 0 Å². The summed E-state index contributed by atoms with van der Waals surface area (Å²) in [6, 6.07) is 15.0. The molecule has 0 bridgehead atoms. The van der Waals surface area contributed by atoms with E-state index in [0.717, 1.165) is 5.69 Å². The van der Waals surface area contributed by atoms with Crippen LogP contribution in [0.25, 0.3) is 0 Å². The highest BCUT2D eigenvalue weighted by atomic mass is 16.2. The molecular formula is C20H24N4O2. The Morgan fingerprint density at radius 2 is 1.69 bits per heavy atom. The van der Waals surface area contributed by atoms with E-state index in [9.17, 15) is 9.59 Å². The predicted molar refractivity (Wildman–Crippen MR) is 101 cm³/mol. The molecular weight excluding hydrogens is 328 g/mol. The molecule has 2 aromatic rings. The van der Waals surface area contributed by atoms with Gasteiger partial charge in [0.15, 0.2) is 0 Å². The smallest absolute Gasteiger partial charge is 0.272 e. The minimum absolute atomic E-state index is 0.0336. The monoisotopic (exact) mass is 352 g/mol. The fraction of sp³-hybridized carbons (Fsp3) is 0.350. The van der Waals surface area contributed by atoms with E-state index in [0.29, 0.717) is 31.6 Å². The molecule has 1 N–H and O–H groups in total. The SMILES string of the molecule is CN(C)C(=O)C1(Nc2ccccc2)CCN(C(=O)c2ccccn2)CC1. The van der Waals surface area contributed by atoms with Gasteiger partial charge in [-0.3, -0.25) is 14.6 Å². The number of para-hydroxylation sites is 1. The number of pyridine rings is 1. The molecule has 2 heterocycles. The van der Waals surface area contributed by atoms with E-state index < -0.39 is 5.54 Å². The van der Waals surface area contributed by atoms with E-state index >= 15 is 0 Å². The van der Waals surface area contributed by atoms with Gasteiger partial charge in [0, 0.05) is 39.1 Å². The fourth-order valence-corrected chi connectivity index (χ4v) is 3.36. The van der Waals surface area contributed by atoms with Crippen molar-refractivity contribution in [3.05, 3.63) is 60.4 Å². The van der Waals surface area contributed by atoms with Gasteiger partial charge in [-0.05, 0) is 37.1 Å². The average molecular weight is 352 g/mol. The van der Waals surface area contributed by atoms with Crippen LogP contribution in [0.4, 0.5) is 5.69 Å². The summed E-state index contributed by atoms with van der Waals surface area (Å²) in [5.74, 6) is -0.0532. The topological polar surface area (TPSA) is 65.5 Å². The molecule has 1 saturated heterocycles.